The van der Waals surface area contributed by atoms with E-state index in [1.807, 2.05) is 0 Å². The molecule has 0 fully saturated rings. The van der Waals surface area contributed by atoms with Crippen molar-refractivity contribution in [2.75, 3.05) is 19.4 Å². The third-order valence-corrected chi connectivity index (χ3v) is 2.50. The lowest BCUT2D eigenvalue weighted by Gasteiger charge is -2.09. The van der Waals surface area contributed by atoms with Gasteiger partial charge >= 0.3 is 0 Å². The molecule has 0 saturated heterocycles. The Morgan fingerprint density at radius 3 is 3.05 bits per heavy atom. The van der Waals surface area contributed by atoms with E-state index in [-0.39, 0.29) is 5.91 Å². The van der Waals surface area contributed by atoms with Crippen LogP contribution < -0.4 is 15.8 Å². The van der Waals surface area contributed by atoms with Crippen molar-refractivity contribution in [3.63, 3.8) is 0 Å². The Morgan fingerprint density at radius 2 is 2.37 bits per heavy atom. The number of carbonyl (C=O) groups excluding carboxylic acids is 1. The van der Waals surface area contributed by atoms with Crippen LogP contribution in [0.15, 0.2) is 29.0 Å². The lowest BCUT2D eigenvalue weighted by atomic mass is 10.1. The number of nitrogens with zero attached hydrogens (tertiary/aromatic N) is 2. The Kier molecular flexibility index (Phi) is 3.97. The second-order valence-electron chi connectivity index (χ2n) is 3.80. The van der Waals surface area contributed by atoms with Crippen LogP contribution in [0.1, 0.15) is 16.2 Å². The minimum atomic E-state index is -0.239. The van der Waals surface area contributed by atoms with Gasteiger partial charge in [-0.2, -0.15) is 4.98 Å². The van der Waals surface area contributed by atoms with Gasteiger partial charge in [0.05, 0.1) is 12.7 Å². The van der Waals surface area contributed by atoms with Crippen molar-refractivity contribution in [3.8, 4) is 5.75 Å². The van der Waals surface area contributed by atoms with Crippen LogP contribution >= 0.6 is 0 Å². The molecule has 2 aromatic rings. The van der Waals surface area contributed by atoms with Crippen LogP contribution in [-0.4, -0.2) is 29.7 Å². The van der Waals surface area contributed by atoms with E-state index in [4.69, 9.17) is 15.0 Å². The van der Waals surface area contributed by atoms with Crippen LogP contribution in [0, 0.1) is 0 Å². The van der Waals surface area contributed by atoms with E-state index >= 15 is 0 Å². The highest BCUT2D eigenvalue weighted by atomic mass is 16.5. The highest BCUT2D eigenvalue weighted by Crippen LogP contribution is 2.21. The maximum Gasteiger partial charge on any atom is 0.255 e. The van der Waals surface area contributed by atoms with Crippen molar-refractivity contribution in [3.05, 3.63) is 36.0 Å². The van der Waals surface area contributed by atoms with Gasteiger partial charge < -0.3 is 20.3 Å². The molecule has 0 unspecified atom stereocenters. The third-order valence-electron chi connectivity index (χ3n) is 2.50. The van der Waals surface area contributed by atoms with Crippen molar-refractivity contribution >= 4 is 11.6 Å². The van der Waals surface area contributed by atoms with Crippen LogP contribution in [0.2, 0.25) is 0 Å². The van der Waals surface area contributed by atoms with E-state index in [1.165, 1.54) is 13.4 Å². The Balaban J connectivity index is 1.96. The third kappa shape index (κ3) is 3.21. The number of anilines is 1. The molecule has 0 saturated carbocycles. The summed E-state index contributed by atoms with van der Waals surface area (Å²) < 4.78 is 9.95. The molecule has 0 aliphatic carbocycles. The zero-order valence-corrected chi connectivity index (χ0v) is 10.4. The van der Waals surface area contributed by atoms with E-state index in [9.17, 15) is 4.79 Å². The zero-order valence-electron chi connectivity index (χ0n) is 10.4. The molecule has 0 radical (unpaired) electrons. The first-order chi connectivity index (χ1) is 9.20. The normalized spacial score (nSPS) is 10.2. The highest BCUT2D eigenvalue weighted by Gasteiger charge is 2.12. The summed E-state index contributed by atoms with van der Waals surface area (Å²) in [5.41, 5.74) is 6.60. The standard InChI is InChI=1S/C12H14N4O3/c1-18-10-6-8(13)2-3-9(10)12(17)14-5-4-11-15-7-16-19-11/h2-3,6-7H,4-5,13H2,1H3,(H,14,17). The summed E-state index contributed by atoms with van der Waals surface area (Å²) >= 11 is 0. The van der Waals surface area contributed by atoms with Gasteiger partial charge in [-0.25, -0.2) is 0 Å². The van der Waals surface area contributed by atoms with Gasteiger partial charge in [0.15, 0.2) is 6.33 Å². The molecule has 0 aliphatic rings. The van der Waals surface area contributed by atoms with Gasteiger partial charge in [-0.3, -0.25) is 4.79 Å². The SMILES string of the molecule is COc1cc(N)ccc1C(=O)NCCc1ncno1. The molecule has 7 nitrogen and oxygen atoms in total. The van der Waals surface area contributed by atoms with E-state index < -0.39 is 0 Å². The van der Waals surface area contributed by atoms with Crippen molar-refractivity contribution in [2.24, 2.45) is 0 Å². The number of carbonyl (C=O) groups is 1. The number of hydrogen-bond acceptors (Lipinski definition) is 6. The lowest BCUT2D eigenvalue weighted by molar-refractivity contribution is 0.0950. The van der Waals surface area contributed by atoms with Crippen molar-refractivity contribution in [1.82, 2.24) is 15.5 Å². The molecule has 0 bridgehead atoms. The Labute approximate surface area is 109 Å². The average Bonchev–Trinajstić information content (AvgIpc) is 2.91. The minimum absolute atomic E-state index is 0.239. The summed E-state index contributed by atoms with van der Waals surface area (Å²) in [4.78, 5) is 15.8. The number of ether oxygens (including phenoxy) is 1. The fourth-order valence-corrected chi connectivity index (χ4v) is 1.58. The largest absolute Gasteiger partial charge is 0.496 e. The predicted octanol–water partition coefficient (Wildman–Crippen LogP) is 0.633. The Hall–Kier alpha value is -2.57. The smallest absolute Gasteiger partial charge is 0.255 e. The number of aromatic nitrogens is 2. The first-order valence-electron chi connectivity index (χ1n) is 5.68. The number of rotatable bonds is 5. The fourth-order valence-electron chi connectivity index (χ4n) is 1.58. The van der Waals surface area contributed by atoms with Crippen molar-refractivity contribution in [2.45, 2.75) is 6.42 Å². The summed E-state index contributed by atoms with van der Waals surface area (Å²) in [5, 5.41) is 6.23. The van der Waals surface area contributed by atoms with Gasteiger partial charge in [-0.1, -0.05) is 5.16 Å². The second kappa shape index (κ2) is 5.85. The van der Waals surface area contributed by atoms with Gasteiger partial charge in [-0.15, -0.1) is 0 Å². The van der Waals surface area contributed by atoms with Crippen molar-refractivity contribution in [1.29, 1.82) is 0 Å². The molecule has 0 atom stereocenters. The van der Waals surface area contributed by atoms with Crippen LogP contribution in [0.25, 0.3) is 0 Å². The summed E-state index contributed by atoms with van der Waals surface area (Å²) in [6.45, 7) is 0.397. The monoisotopic (exact) mass is 262 g/mol. The second-order valence-corrected chi connectivity index (χ2v) is 3.80. The summed E-state index contributed by atoms with van der Waals surface area (Å²) in [6.07, 6.45) is 1.79. The molecule has 100 valence electrons. The molecule has 19 heavy (non-hydrogen) atoms. The van der Waals surface area contributed by atoms with Crippen LogP contribution in [-0.2, 0) is 6.42 Å². The Bertz CT molecular complexity index is 554. The first-order valence-corrected chi connectivity index (χ1v) is 5.68. The quantitative estimate of drug-likeness (QED) is 0.766. The summed E-state index contributed by atoms with van der Waals surface area (Å²) in [5.74, 6) is 0.677. The molecular weight excluding hydrogens is 248 g/mol. The van der Waals surface area contributed by atoms with E-state index in [0.717, 1.165) is 0 Å². The van der Waals surface area contributed by atoms with E-state index in [0.29, 0.717) is 35.9 Å². The number of nitrogen functional groups attached to an aromatic ring is 1. The molecular formula is C12H14N4O3. The minimum Gasteiger partial charge on any atom is -0.496 e. The predicted molar refractivity (Wildman–Crippen MR) is 67.7 cm³/mol. The number of hydrogen-bond donors (Lipinski definition) is 2. The zero-order chi connectivity index (χ0) is 13.7. The number of nitrogens with two attached hydrogens (primary N) is 1. The van der Waals surface area contributed by atoms with Crippen LogP contribution in [0.4, 0.5) is 5.69 Å². The van der Waals surface area contributed by atoms with Gasteiger partial charge in [0.1, 0.15) is 5.75 Å². The van der Waals surface area contributed by atoms with Gasteiger partial charge in [0, 0.05) is 24.7 Å². The summed E-state index contributed by atoms with van der Waals surface area (Å²) in [6, 6.07) is 4.87. The lowest BCUT2D eigenvalue weighted by Crippen LogP contribution is -2.26. The van der Waals surface area contributed by atoms with Gasteiger partial charge in [0.2, 0.25) is 5.89 Å². The molecule has 3 N–H and O–H groups in total. The molecule has 1 aromatic carbocycles. The number of benzene rings is 1. The number of methoxy groups -OCH3 is 1. The molecule has 0 aliphatic heterocycles. The Morgan fingerprint density at radius 1 is 1.53 bits per heavy atom. The van der Waals surface area contributed by atoms with E-state index in [1.54, 1.807) is 18.2 Å². The molecule has 1 aromatic heterocycles. The molecule has 0 spiro atoms. The number of amides is 1. The van der Waals surface area contributed by atoms with E-state index in [2.05, 4.69) is 15.5 Å². The molecule has 1 amide bonds. The fraction of sp³-hybridized carbons (Fsp3) is 0.250. The van der Waals surface area contributed by atoms with Crippen LogP contribution in [0.3, 0.4) is 0 Å². The average molecular weight is 262 g/mol. The van der Waals surface area contributed by atoms with Crippen LogP contribution in [0.5, 0.6) is 5.75 Å². The number of nitrogens with one attached hydrogen (secondary N) is 1. The highest BCUT2D eigenvalue weighted by molar-refractivity contribution is 5.97. The first kappa shape index (κ1) is 12.9. The molecule has 2 rings (SSSR count). The molecule has 1 heterocycles. The maximum atomic E-state index is 12.0. The van der Waals surface area contributed by atoms with Crippen molar-refractivity contribution < 1.29 is 14.1 Å². The summed E-state index contributed by atoms with van der Waals surface area (Å²) in [7, 11) is 1.49. The maximum absolute atomic E-state index is 12.0. The van der Waals surface area contributed by atoms with Gasteiger partial charge in [0.25, 0.3) is 5.91 Å². The topological polar surface area (TPSA) is 103 Å². The van der Waals surface area contributed by atoms with Gasteiger partial charge in [-0.05, 0) is 12.1 Å². The molecule has 7 heteroatoms.